The summed E-state index contributed by atoms with van der Waals surface area (Å²) in [4.78, 5) is 14.7. The molecule has 2 aromatic rings. The minimum absolute atomic E-state index is 0.0705. The van der Waals surface area contributed by atoms with E-state index < -0.39 is 0 Å². The van der Waals surface area contributed by atoms with Crippen LogP contribution in [0.15, 0.2) is 23.0 Å². The summed E-state index contributed by atoms with van der Waals surface area (Å²) in [6, 6.07) is 5.32. The molecule has 1 aromatic heterocycles. The molecular weight excluding hydrogens is 230 g/mol. The fourth-order valence-electron chi connectivity index (χ4n) is 2.07. The minimum atomic E-state index is -0.238. The summed E-state index contributed by atoms with van der Waals surface area (Å²) in [7, 11) is 1.54. The van der Waals surface area contributed by atoms with Crippen LogP contribution in [0.2, 0.25) is 0 Å². The Morgan fingerprint density at radius 1 is 1.39 bits per heavy atom. The molecular formula is C14H17NO3. The molecule has 4 heteroatoms. The van der Waals surface area contributed by atoms with Crippen LogP contribution in [0.5, 0.6) is 11.5 Å². The van der Waals surface area contributed by atoms with Gasteiger partial charge in [0.1, 0.15) is 11.5 Å². The molecule has 0 unspecified atom stereocenters. The van der Waals surface area contributed by atoms with Gasteiger partial charge < -0.3 is 14.8 Å². The zero-order chi connectivity index (χ0) is 13.1. The molecule has 18 heavy (non-hydrogen) atoms. The van der Waals surface area contributed by atoms with Gasteiger partial charge in [-0.2, -0.15) is 0 Å². The van der Waals surface area contributed by atoms with Crippen LogP contribution in [-0.2, 0) is 6.42 Å². The Hall–Kier alpha value is -1.97. The first-order valence-electron chi connectivity index (χ1n) is 6.09. The molecule has 0 aliphatic heterocycles. The van der Waals surface area contributed by atoms with Crippen molar-refractivity contribution in [2.45, 2.75) is 26.2 Å². The van der Waals surface area contributed by atoms with Gasteiger partial charge in [0.05, 0.1) is 18.2 Å². The predicted molar refractivity (Wildman–Crippen MR) is 71.4 cm³/mol. The number of methoxy groups -OCH3 is 1. The van der Waals surface area contributed by atoms with Gasteiger partial charge in [0, 0.05) is 5.39 Å². The van der Waals surface area contributed by atoms with Gasteiger partial charge >= 0.3 is 0 Å². The number of rotatable bonds is 4. The minimum Gasteiger partial charge on any atom is -0.507 e. The maximum absolute atomic E-state index is 12.0. The first kappa shape index (κ1) is 12.5. The lowest BCUT2D eigenvalue weighted by Crippen LogP contribution is -2.13. The number of aromatic nitrogens is 1. The monoisotopic (exact) mass is 247 g/mol. The van der Waals surface area contributed by atoms with E-state index in [1.807, 2.05) is 0 Å². The number of nitrogens with one attached hydrogen (secondary N) is 1. The van der Waals surface area contributed by atoms with Gasteiger partial charge in [0.15, 0.2) is 0 Å². The summed E-state index contributed by atoms with van der Waals surface area (Å²) in [6.45, 7) is 2.05. The number of hydrogen-bond acceptors (Lipinski definition) is 3. The van der Waals surface area contributed by atoms with Crippen LogP contribution in [0.25, 0.3) is 10.9 Å². The normalized spacial score (nSPS) is 10.8. The number of para-hydroxylation sites is 1. The molecule has 0 atom stereocenters. The number of H-pyrrole nitrogens is 1. The third kappa shape index (κ3) is 2.06. The second-order valence-corrected chi connectivity index (χ2v) is 4.27. The quantitative estimate of drug-likeness (QED) is 0.872. The van der Waals surface area contributed by atoms with E-state index in [0.717, 1.165) is 12.8 Å². The van der Waals surface area contributed by atoms with Crippen molar-refractivity contribution >= 4 is 10.9 Å². The number of ether oxygens (including phenoxy) is 1. The van der Waals surface area contributed by atoms with E-state index in [-0.39, 0.29) is 11.3 Å². The standard InChI is InChI=1S/C14H17NO3/c1-3-4-6-10-13(16)9-7-5-8-11(18-2)12(9)15-14(10)17/h5,7-8H,3-4,6H2,1-2H3,(H2,15,16,17). The van der Waals surface area contributed by atoms with E-state index in [1.54, 1.807) is 18.2 Å². The first-order chi connectivity index (χ1) is 8.69. The van der Waals surface area contributed by atoms with Crippen molar-refractivity contribution in [2.75, 3.05) is 7.11 Å². The molecule has 2 N–H and O–H groups in total. The highest BCUT2D eigenvalue weighted by atomic mass is 16.5. The Bertz CT molecular complexity index is 616. The third-order valence-corrected chi connectivity index (χ3v) is 3.08. The Kier molecular flexibility index (Phi) is 3.55. The van der Waals surface area contributed by atoms with E-state index in [1.165, 1.54) is 7.11 Å². The molecule has 2 rings (SSSR count). The highest BCUT2D eigenvalue weighted by Gasteiger charge is 2.13. The molecule has 0 aliphatic carbocycles. The summed E-state index contributed by atoms with van der Waals surface area (Å²) >= 11 is 0. The molecule has 0 spiro atoms. The van der Waals surface area contributed by atoms with E-state index in [2.05, 4.69) is 11.9 Å². The van der Waals surface area contributed by atoms with Crippen molar-refractivity contribution in [3.05, 3.63) is 34.1 Å². The van der Waals surface area contributed by atoms with Gasteiger partial charge in [0.2, 0.25) is 0 Å². The zero-order valence-corrected chi connectivity index (χ0v) is 10.6. The highest BCUT2D eigenvalue weighted by molar-refractivity contribution is 5.90. The number of unbranched alkanes of at least 4 members (excludes halogenated alkanes) is 1. The van der Waals surface area contributed by atoms with Crippen LogP contribution in [0, 0.1) is 0 Å². The Morgan fingerprint density at radius 2 is 2.17 bits per heavy atom. The molecule has 1 aromatic carbocycles. The number of aromatic hydroxyl groups is 1. The lowest BCUT2D eigenvalue weighted by molar-refractivity contribution is 0.418. The van der Waals surface area contributed by atoms with Crippen LogP contribution in [0.4, 0.5) is 0 Å². The van der Waals surface area contributed by atoms with Gasteiger partial charge in [-0.25, -0.2) is 0 Å². The topological polar surface area (TPSA) is 62.3 Å². The van der Waals surface area contributed by atoms with Gasteiger partial charge in [0.25, 0.3) is 5.56 Å². The summed E-state index contributed by atoms with van der Waals surface area (Å²) in [5, 5.41) is 10.8. The molecule has 1 heterocycles. The average Bonchev–Trinajstić information content (AvgIpc) is 2.38. The lowest BCUT2D eigenvalue weighted by Gasteiger charge is -2.09. The largest absolute Gasteiger partial charge is 0.507 e. The van der Waals surface area contributed by atoms with Crippen molar-refractivity contribution in [2.24, 2.45) is 0 Å². The molecule has 0 saturated carbocycles. The number of fused-ring (bicyclic) bond motifs is 1. The summed E-state index contributed by atoms with van der Waals surface area (Å²) in [5.74, 6) is 0.628. The number of aromatic amines is 1. The second kappa shape index (κ2) is 5.12. The average molecular weight is 247 g/mol. The maximum atomic E-state index is 12.0. The maximum Gasteiger partial charge on any atom is 0.255 e. The van der Waals surface area contributed by atoms with Crippen molar-refractivity contribution in [3.8, 4) is 11.5 Å². The third-order valence-electron chi connectivity index (χ3n) is 3.08. The lowest BCUT2D eigenvalue weighted by atomic mass is 10.1. The van der Waals surface area contributed by atoms with Crippen LogP contribution >= 0.6 is 0 Å². The van der Waals surface area contributed by atoms with E-state index in [0.29, 0.717) is 28.6 Å². The van der Waals surface area contributed by atoms with Crippen LogP contribution in [-0.4, -0.2) is 17.2 Å². The molecule has 96 valence electrons. The van der Waals surface area contributed by atoms with Crippen molar-refractivity contribution in [1.82, 2.24) is 4.98 Å². The molecule has 0 saturated heterocycles. The summed E-state index contributed by atoms with van der Waals surface area (Å²) in [6.07, 6.45) is 2.45. The summed E-state index contributed by atoms with van der Waals surface area (Å²) in [5.41, 5.74) is 0.762. The van der Waals surface area contributed by atoms with Crippen molar-refractivity contribution < 1.29 is 9.84 Å². The van der Waals surface area contributed by atoms with Gasteiger partial charge in [-0.05, 0) is 25.0 Å². The Morgan fingerprint density at radius 3 is 2.83 bits per heavy atom. The second-order valence-electron chi connectivity index (χ2n) is 4.27. The number of pyridine rings is 1. The van der Waals surface area contributed by atoms with Crippen molar-refractivity contribution in [3.63, 3.8) is 0 Å². The van der Waals surface area contributed by atoms with Crippen LogP contribution in [0.1, 0.15) is 25.3 Å². The number of benzene rings is 1. The fourth-order valence-corrected chi connectivity index (χ4v) is 2.07. The SMILES string of the molecule is CCCCc1c(O)c2cccc(OC)c2[nH]c1=O. The van der Waals surface area contributed by atoms with E-state index in [4.69, 9.17) is 4.74 Å². The predicted octanol–water partition coefficient (Wildman–Crippen LogP) is 2.58. The summed E-state index contributed by atoms with van der Waals surface area (Å²) < 4.78 is 5.18. The highest BCUT2D eigenvalue weighted by Crippen LogP contribution is 2.30. The van der Waals surface area contributed by atoms with Gasteiger partial charge in [-0.1, -0.05) is 19.4 Å². The van der Waals surface area contributed by atoms with Crippen molar-refractivity contribution in [1.29, 1.82) is 0 Å². The Balaban J connectivity index is 2.67. The fraction of sp³-hybridized carbons (Fsp3) is 0.357. The smallest absolute Gasteiger partial charge is 0.255 e. The molecule has 0 radical (unpaired) electrons. The van der Waals surface area contributed by atoms with Gasteiger partial charge in [-0.15, -0.1) is 0 Å². The van der Waals surface area contributed by atoms with E-state index in [9.17, 15) is 9.90 Å². The van der Waals surface area contributed by atoms with Crippen LogP contribution < -0.4 is 10.3 Å². The molecule has 0 bridgehead atoms. The van der Waals surface area contributed by atoms with E-state index >= 15 is 0 Å². The first-order valence-corrected chi connectivity index (χ1v) is 6.09. The number of hydrogen-bond donors (Lipinski definition) is 2. The molecule has 4 nitrogen and oxygen atoms in total. The molecule has 0 fully saturated rings. The Labute approximate surface area is 105 Å². The van der Waals surface area contributed by atoms with Gasteiger partial charge in [-0.3, -0.25) is 4.79 Å². The molecule has 0 aliphatic rings. The molecule has 0 amide bonds. The van der Waals surface area contributed by atoms with Crippen LogP contribution in [0.3, 0.4) is 0 Å². The zero-order valence-electron chi connectivity index (χ0n) is 10.6.